The van der Waals surface area contributed by atoms with E-state index in [2.05, 4.69) is 6.58 Å². The predicted molar refractivity (Wildman–Crippen MR) is 42.6 cm³/mol. The molecule has 0 aromatic carbocycles. The van der Waals surface area contributed by atoms with E-state index in [4.69, 9.17) is 4.74 Å². The van der Waals surface area contributed by atoms with Crippen molar-refractivity contribution >= 4 is 12.2 Å². The first-order valence-corrected chi connectivity index (χ1v) is 3.65. The summed E-state index contributed by atoms with van der Waals surface area (Å²) in [6, 6.07) is -0.430. The molecule has 2 atom stereocenters. The Bertz CT molecular complexity index is 214. The van der Waals surface area contributed by atoms with Crippen molar-refractivity contribution in [2.45, 2.75) is 12.1 Å². The van der Waals surface area contributed by atoms with Gasteiger partial charge < -0.3 is 14.4 Å². The summed E-state index contributed by atoms with van der Waals surface area (Å²) >= 11 is 0. The molecule has 4 nitrogen and oxygen atoms in total. The van der Waals surface area contributed by atoms with Crippen LogP contribution in [-0.2, 0) is 14.3 Å². The smallest absolute Gasteiger partial charge is 0.255 e. The molecule has 1 amide bonds. The van der Waals surface area contributed by atoms with Crippen LogP contribution in [0, 0.1) is 0 Å². The van der Waals surface area contributed by atoms with Crippen LogP contribution >= 0.6 is 0 Å². The van der Waals surface area contributed by atoms with Crippen LogP contribution < -0.4 is 0 Å². The van der Waals surface area contributed by atoms with E-state index in [0.717, 1.165) is 6.29 Å². The van der Waals surface area contributed by atoms with E-state index in [-0.39, 0.29) is 5.91 Å². The van der Waals surface area contributed by atoms with Crippen molar-refractivity contribution in [3.05, 3.63) is 12.7 Å². The second kappa shape index (κ2) is 3.49. The van der Waals surface area contributed by atoms with Crippen LogP contribution in [0.3, 0.4) is 0 Å². The number of likely N-dealkylation sites (tertiary alicyclic amines) is 1. The second-order valence-electron chi connectivity index (χ2n) is 2.56. The van der Waals surface area contributed by atoms with Crippen LogP contribution in [0.25, 0.3) is 0 Å². The van der Waals surface area contributed by atoms with E-state index in [1.807, 2.05) is 0 Å². The molecule has 0 saturated carbocycles. The third-order valence-electron chi connectivity index (χ3n) is 1.92. The lowest BCUT2D eigenvalue weighted by Crippen LogP contribution is -2.66. The molecule has 0 aromatic rings. The van der Waals surface area contributed by atoms with Gasteiger partial charge in [-0.2, -0.15) is 0 Å². The van der Waals surface area contributed by atoms with Gasteiger partial charge >= 0.3 is 0 Å². The molecular weight excluding hydrogens is 158 g/mol. The van der Waals surface area contributed by atoms with Crippen LogP contribution in [0.1, 0.15) is 0 Å². The molecule has 0 N–H and O–H groups in total. The molecule has 1 aliphatic rings. The van der Waals surface area contributed by atoms with Gasteiger partial charge in [0.15, 0.2) is 6.10 Å². The molecule has 66 valence electrons. The normalized spacial score (nSPS) is 28.1. The Morgan fingerprint density at radius 3 is 2.83 bits per heavy atom. The maximum Gasteiger partial charge on any atom is 0.255 e. The monoisotopic (exact) mass is 169 g/mol. The number of nitrogens with zero attached hydrogens (tertiary/aromatic N) is 1. The van der Waals surface area contributed by atoms with E-state index in [1.165, 1.54) is 12.0 Å². The molecule has 1 aliphatic heterocycles. The van der Waals surface area contributed by atoms with E-state index in [1.54, 1.807) is 6.08 Å². The van der Waals surface area contributed by atoms with Crippen molar-refractivity contribution in [1.29, 1.82) is 0 Å². The van der Waals surface area contributed by atoms with E-state index in [0.29, 0.717) is 6.54 Å². The van der Waals surface area contributed by atoms with Gasteiger partial charge in [0, 0.05) is 13.7 Å². The molecule has 0 aromatic heterocycles. The molecule has 1 fully saturated rings. The highest BCUT2D eigenvalue weighted by Crippen LogP contribution is 2.20. The number of methoxy groups -OCH3 is 1. The van der Waals surface area contributed by atoms with Crippen LogP contribution in [0.4, 0.5) is 0 Å². The number of hydrogen-bond donors (Lipinski definition) is 0. The lowest BCUT2D eigenvalue weighted by Gasteiger charge is -2.42. The van der Waals surface area contributed by atoms with E-state index < -0.39 is 12.1 Å². The predicted octanol–water partition coefficient (Wildman–Crippen LogP) is -0.403. The van der Waals surface area contributed by atoms with Crippen LogP contribution in [0.15, 0.2) is 12.7 Å². The van der Waals surface area contributed by atoms with Crippen molar-refractivity contribution in [3.63, 3.8) is 0 Å². The van der Waals surface area contributed by atoms with Crippen molar-refractivity contribution in [2.75, 3.05) is 13.7 Å². The summed E-state index contributed by atoms with van der Waals surface area (Å²) in [5.74, 6) is -0.144. The molecule has 4 heteroatoms. The fourth-order valence-corrected chi connectivity index (χ4v) is 1.27. The Morgan fingerprint density at radius 2 is 2.42 bits per heavy atom. The van der Waals surface area contributed by atoms with Crippen molar-refractivity contribution in [1.82, 2.24) is 4.90 Å². The SMILES string of the molecule is C=CCN1C(=O)[C@H](OC)[C@@H]1C=O. The number of amides is 1. The third-order valence-corrected chi connectivity index (χ3v) is 1.92. The summed E-state index contributed by atoms with van der Waals surface area (Å²) in [6.07, 6.45) is 1.72. The largest absolute Gasteiger partial charge is 0.369 e. The molecule has 0 aliphatic carbocycles. The van der Waals surface area contributed by atoms with Crippen LogP contribution in [0.5, 0.6) is 0 Å². The number of β-lactam (4-membered cyclic amide) rings is 1. The molecule has 0 radical (unpaired) electrons. The molecular formula is C8H11NO3. The van der Waals surface area contributed by atoms with Gasteiger partial charge in [0.1, 0.15) is 12.3 Å². The first kappa shape index (κ1) is 8.93. The van der Waals surface area contributed by atoms with Gasteiger partial charge in [0.2, 0.25) is 0 Å². The second-order valence-corrected chi connectivity index (χ2v) is 2.56. The molecule has 1 rings (SSSR count). The maximum atomic E-state index is 11.1. The van der Waals surface area contributed by atoms with Crippen LogP contribution in [0.2, 0.25) is 0 Å². The minimum absolute atomic E-state index is 0.144. The number of hydrogen-bond acceptors (Lipinski definition) is 3. The van der Waals surface area contributed by atoms with Gasteiger partial charge in [-0.1, -0.05) is 6.08 Å². The molecule has 1 heterocycles. The third kappa shape index (κ3) is 1.14. The van der Waals surface area contributed by atoms with Crippen molar-refractivity contribution in [3.8, 4) is 0 Å². The Hall–Kier alpha value is -1.16. The van der Waals surface area contributed by atoms with Crippen molar-refractivity contribution < 1.29 is 14.3 Å². The fourth-order valence-electron chi connectivity index (χ4n) is 1.27. The first-order valence-electron chi connectivity index (χ1n) is 3.65. The molecule has 0 unspecified atom stereocenters. The van der Waals surface area contributed by atoms with Gasteiger partial charge in [-0.3, -0.25) is 4.79 Å². The average molecular weight is 169 g/mol. The summed E-state index contributed by atoms with van der Waals surface area (Å²) < 4.78 is 4.82. The fraction of sp³-hybridized carbons (Fsp3) is 0.500. The maximum absolute atomic E-state index is 11.1. The summed E-state index contributed by atoms with van der Waals surface area (Å²) in [5, 5.41) is 0. The average Bonchev–Trinajstić information content (AvgIpc) is 2.09. The number of rotatable bonds is 4. The lowest BCUT2D eigenvalue weighted by atomic mass is 9.99. The highest BCUT2D eigenvalue weighted by molar-refractivity contribution is 5.95. The van der Waals surface area contributed by atoms with Gasteiger partial charge in [0.05, 0.1) is 0 Å². The summed E-state index contributed by atoms with van der Waals surface area (Å²) in [4.78, 5) is 23.1. The summed E-state index contributed by atoms with van der Waals surface area (Å²) in [7, 11) is 1.42. The molecule has 12 heavy (non-hydrogen) atoms. The molecule has 0 bridgehead atoms. The zero-order valence-corrected chi connectivity index (χ0v) is 6.90. The Labute approximate surface area is 70.8 Å². The van der Waals surface area contributed by atoms with Crippen molar-refractivity contribution in [2.24, 2.45) is 0 Å². The molecule has 1 saturated heterocycles. The Morgan fingerprint density at radius 1 is 1.75 bits per heavy atom. The minimum Gasteiger partial charge on any atom is -0.369 e. The van der Waals surface area contributed by atoms with E-state index in [9.17, 15) is 9.59 Å². The number of aldehydes is 1. The zero-order valence-electron chi connectivity index (χ0n) is 6.90. The van der Waals surface area contributed by atoms with Crippen LogP contribution in [-0.4, -0.2) is 42.9 Å². The van der Waals surface area contributed by atoms with E-state index >= 15 is 0 Å². The van der Waals surface area contributed by atoms with Gasteiger partial charge in [-0.25, -0.2) is 0 Å². The number of carbonyl (C=O) groups is 2. The quantitative estimate of drug-likeness (QED) is 0.327. The van der Waals surface area contributed by atoms with Gasteiger partial charge in [-0.15, -0.1) is 6.58 Å². The Kier molecular flexibility index (Phi) is 2.60. The topological polar surface area (TPSA) is 46.6 Å². The highest BCUT2D eigenvalue weighted by atomic mass is 16.5. The van der Waals surface area contributed by atoms with Gasteiger partial charge in [-0.05, 0) is 0 Å². The number of carbonyl (C=O) groups excluding carboxylic acids is 2. The first-order chi connectivity index (χ1) is 5.76. The van der Waals surface area contributed by atoms with Gasteiger partial charge in [0.25, 0.3) is 5.91 Å². The lowest BCUT2D eigenvalue weighted by molar-refractivity contribution is -0.170. The minimum atomic E-state index is -0.581. The summed E-state index contributed by atoms with van der Waals surface area (Å²) in [5.41, 5.74) is 0. The summed E-state index contributed by atoms with van der Waals surface area (Å²) in [6.45, 7) is 3.89. The zero-order chi connectivity index (χ0) is 9.14. The standard InChI is InChI=1S/C8H11NO3/c1-3-4-9-6(5-10)7(12-2)8(9)11/h3,5-7H,1,4H2,2H3/t6-,7+/m0/s1. The molecule has 0 spiro atoms. The number of ether oxygens (including phenoxy) is 1. The Balaban J connectivity index is 2.61. The highest BCUT2D eigenvalue weighted by Gasteiger charge is 2.46.